The van der Waals surface area contributed by atoms with Gasteiger partial charge in [0.2, 0.25) is 5.69 Å². The molecule has 0 aromatic heterocycles. The average molecular weight is 906 g/mol. The van der Waals surface area contributed by atoms with Crippen LogP contribution in [-0.4, -0.2) is 113 Å². The van der Waals surface area contributed by atoms with Crippen molar-refractivity contribution in [2.24, 2.45) is 0 Å². The van der Waals surface area contributed by atoms with Gasteiger partial charge in [-0.15, -0.1) is 0 Å². The molecule has 0 radical (unpaired) electrons. The number of nitrogens with one attached hydrogen (secondary N) is 2. The predicted molar refractivity (Wildman–Crippen MR) is 273 cm³/mol. The maximum Gasteiger partial charge on any atom is 0.294 e. The standard InChI is InChI=1S/C55H79N6O3S/c1-40-20-28-48-46(38-40)54(5,6)50(58(48)34-16-36-60(9,10)11)30-23-42-18-15-19-43(52(42)56-33-32-41-21-25-44(26-22-41)57-53(2,3)4)24-31-51-55(7,8)47-39-45(65(62,63)64)27-29-49(47)59(51)35-17-37-61(12,13)14/h20-31,38-39,57H,15-19,32-37H2,1-14H3/q+1/p+2. The molecule has 0 saturated carbocycles. The van der Waals surface area contributed by atoms with E-state index < -0.39 is 15.5 Å². The van der Waals surface area contributed by atoms with Crippen molar-refractivity contribution in [2.45, 2.75) is 115 Å². The number of rotatable bonds is 17. The third kappa shape index (κ3) is 12.3. The summed E-state index contributed by atoms with van der Waals surface area (Å²) in [6, 6.07) is 20.9. The smallest absolute Gasteiger partial charge is 0.294 e. The van der Waals surface area contributed by atoms with Gasteiger partial charge in [-0.2, -0.15) is 13.0 Å². The van der Waals surface area contributed by atoms with Crippen LogP contribution in [0.15, 0.2) is 112 Å². The van der Waals surface area contributed by atoms with Crippen molar-refractivity contribution < 1.29 is 26.5 Å². The third-order valence-corrected chi connectivity index (χ3v) is 14.1. The van der Waals surface area contributed by atoms with Gasteiger partial charge in [0.05, 0.1) is 72.1 Å². The van der Waals surface area contributed by atoms with Crippen LogP contribution in [0, 0.1) is 6.92 Å². The second kappa shape index (κ2) is 19.0. The number of aryl methyl sites for hydroxylation is 1. The summed E-state index contributed by atoms with van der Waals surface area (Å²) in [5.41, 5.74) is 13.9. The molecule has 9 nitrogen and oxygen atoms in total. The van der Waals surface area contributed by atoms with Gasteiger partial charge in [-0.3, -0.25) is 4.55 Å². The van der Waals surface area contributed by atoms with Crippen molar-refractivity contribution in [1.82, 2.24) is 5.32 Å². The molecule has 0 unspecified atom stereocenters. The van der Waals surface area contributed by atoms with Crippen LogP contribution in [0.25, 0.3) is 0 Å². The predicted octanol–water partition coefficient (Wildman–Crippen LogP) is 10.5. The Morgan fingerprint density at radius 2 is 1.49 bits per heavy atom. The average Bonchev–Trinajstić information content (AvgIpc) is 3.52. The molecule has 3 N–H and O–H groups in total. The first-order valence-corrected chi connectivity index (χ1v) is 25.3. The molecule has 6 rings (SSSR count). The largest absolute Gasteiger partial charge is 0.384 e. The van der Waals surface area contributed by atoms with E-state index in [1.807, 2.05) is 6.07 Å². The quantitative estimate of drug-likeness (QED) is 0.0711. The summed E-state index contributed by atoms with van der Waals surface area (Å²) in [4.78, 5) is 2.51. The molecular formula is C55H81N6O3S+3. The van der Waals surface area contributed by atoms with E-state index in [2.05, 4.69) is 185 Å². The van der Waals surface area contributed by atoms with E-state index in [9.17, 15) is 13.0 Å². The Morgan fingerprint density at radius 3 is 2.14 bits per heavy atom. The van der Waals surface area contributed by atoms with Gasteiger partial charge in [0.25, 0.3) is 10.1 Å². The Labute approximate surface area is 393 Å². The maximum atomic E-state index is 12.4. The monoisotopic (exact) mass is 906 g/mol. The first-order chi connectivity index (χ1) is 30.1. The van der Waals surface area contributed by atoms with Crippen LogP contribution >= 0.6 is 0 Å². The summed E-state index contributed by atoms with van der Waals surface area (Å²) in [6.07, 6.45) is 15.4. The Balaban J connectivity index is 1.42. The summed E-state index contributed by atoms with van der Waals surface area (Å²) in [6.45, 7) is 22.5. The van der Waals surface area contributed by atoms with Crippen molar-refractivity contribution in [1.29, 1.82) is 0 Å². The lowest BCUT2D eigenvalue weighted by Gasteiger charge is -2.29. The lowest BCUT2D eigenvalue weighted by Crippen LogP contribution is -2.37. The van der Waals surface area contributed by atoms with E-state index in [0.717, 1.165) is 103 Å². The van der Waals surface area contributed by atoms with E-state index in [1.54, 1.807) is 6.07 Å². The van der Waals surface area contributed by atoms with E-state index in [4.69, 9.17) is 0 Å². The molecule has 3 aliphatic rings. The second-order valence-corrected chi connectivity index (χ2v) is 24.3. The Morgan fingerprint density at radius 1 is 0.815 bits per heavy atom. The zero-order chi connectivity index (χ0) is 47.8. The topological polar surface area (TPSA) is 84.7 Å². The van der Waals surface area contributed by atoms with Crippen LogP contribution in [0.3, 0.4) is 0 Å². The van der Waals surface area contributed by atoms with Crippen LogP contribution in [0.1, 0.15) is 103 Å². The molecule has 0 bridgehead atoms. The third-order valence-electron chi connectivity index (χ3n) is 13.2. The minimum Gasteiger partial charge on any atom is -0.384 e. The van der Waals surface area contributed by atoms with Crippen LogP contribution in [0.4, 0.5) is 17.1 Å². The molecule has 0 saturated heterocycles. The highest BCUT2D eigenvalue weighted by Crippen LogP contribution is 2.48. The fourth-order valence-corrected chi connectivity index (χ4v) is 10.4. The van der Waals surface area contributed by atoms with E-state index in [0.29, 0.717) is 0 Å². The number of anilines is 2. The van der Waals surface area contributed by atoms with Gasteiger partial charge in [-0.1, -0.05) is 55.8 Å². The molecule has 0 spiro atoms. The Bertz CT molecular complexity index is 2500. The van der Waals surface area contributed by atoms with Gasteiger partial charge in [0, 0.05) is 70.9 Å². The number of nitrogens with zero attached hydrogens (tertiary/aromatic N) is 4. The molecule has 2 aliphatic heterocycles. The van der Waals surface area contributed by atoms with Crippen molar-refractivity contribution >= 4 is 32.9 Å². The Hall–Kier alpha value is -4.48. The number of allylic oxidation sites excluding steroid dienone is 7. The fraction of sp³-hybridized carbons (Fsp3) is 0.509. The van der Waals surface area contributed by atoms with E-state index in [-0.39, 0.29) is 15.8 Å². The van der Waals surface area contributed by atoms with Crippen molar-refractivity contribution in [3.8, 4) is 0 Å². The van der Waals surface area contributed by atoms with Gasteiger partial charge in [-0.25, -0.2) is 0 Å². The number of benzene rings is 3. The lowest BCUT2D eigenvalue weighted by atomic mass is 9.81. The summed E-state index contributed by atoms with van der Waals surface area (Å²) < 4.78 is 39.0. The highest BCUT2D eigenvalue weighted by Gasteiger charge is 2.45. The summed E-state index contributed by atoms with van der Waals surface area (Å²) in [5.74, 6) is 0. The molecule has 0 fully saturated rings. The van der Waals surface area contributed by atoms with Gasteiger partial charge in [-0.05, 0) is 126 Å². The van der Waals surface area contributed by atoms with Crippen molar-refractivity contribution in [2.75, 3.05) is 85.2 Å². The molecule has 2 heterocycles. The van der Waals surface area contributed by atoms with Crippen molar-refractivity contribution in [3.05, 3.63) is 130 Å². The molecule has 352 valence electrons. The Kier molecular flexibility index (Phi) is 14.6. The van der Waals surface area contributed by atoms with E-state index in [1.165, 1.54) is 51.0 Å². The SMILES string of the molecule is Cc1ccc2c(c1)C(C)(C)C(=CC=C1CCCC(C=CC3=[N+](CCC[N+](C)(C)C)c4ccc(S(=O)(=O)O)cc4C3(C)C)=C1NCCc1ccc(NC(C)(C)C)cc1)N2CCC[N+](C)(C)C. The highest BCUT2D eigenvalue weighted by molar-refractivity contribution is 7.85. The molecular weight excluding hydrogens is 825 g/mol. The van der Waals surface area contributed by atoms with Crippen molar-refractivity contribution in [3.63, 3.8) is 0 Å². The second-order valence-electron chi connectivity index (χ2n) is 22.9. The summed E-state index contributed by atoms with van der Waals surface area (Å²) in [7, 11) is 9.11. The summed E-state index contributed by atoms with van der Waals surface area (Å²) >= 11 is 0. The van der Waals surface area contributed by atoms with Crippen LogP contribution in [0.2, 0.25) is 0 Å². The molecule has 10 heteroatoms. The zero-order valence-corrected chi connectivity index (χ0v) is 43.1. The van der Waals surface area contributed by atoms with Gasteiger partial charge in [0.15, 0.2) is 12.3 Å². The first kappa shape index (κ1) is 49.9. The molecule has 3 aromatic carbocycles. The zero-order valence-electron chi connectivity index (χ0n) is 42.3. The highest BCUT2D eigenvalue weighted by atomic mass is 32.2. The maximum absolute atomic E-state index is 12.4. The molecule has 65 heavy (non-hydrogen) atoms. The molecule has 1 aliphatic carbocycles. The molecule has 0 amide bonds. The molecule has 0 atom stereocenters. The van der Waals surface area contributed by atoms with Gasteiger partial charge in [0.1, 0.15) is 0 Å². The fourth-order valence-electron chi connectivity index (χ4n) is 9.86. The lowest BCUT2D eigenvalue weighted by molar-refractivity contribution is -0.871. The van der Waals surface area contributed by atoms with Crippen LogP contribution < -0.4 is 15.5 Å². The number of hydrogen-bond acceptors (Lipinski definition) is 5. The number of quaternary nitrogens is 2. The normalized spacial score (nSPS) is 18.9. The van der Waals surface area contributed by atoms with Gasteiger partial charge < -0.3 is 24.5 Å². The summed E-state index contributed by atoms with van der Waals surface area (Å²) in [5, 5.41) is 7.57. The first-order valence-electron chi connectivity index (χ1n) is 23.8. The minimum atomic E-state index is -4.36. The van der Waals surface area contributed by atoms with E-state index >= 15 is 0 Å². The minimum absolute atomic E-state index is 0.00273. The van der Waals surface area contributed by atoms with Crippen LogP contribution in [0.5, 0.6) is 0 Å². The van der Waals surface area contributed by atoms with Crippen LogP contribution in [-0.2, 0) is 27.4 Å². The number of hydrogen-bond donors (Lipinski definition) is 3. The number of fused-ring (bicyclic) bond motifs is 2. The molecule has 3 aromatic rings. The van der Waals surface area contributed by atoms with Gasteiger partial charge >= 0.3 is 0 Å².